The molecule has 0 amide bonds. The summed E-state index contributed by atoms with van der Waals surface area (Å²) in [6, 6.07) is 6.84. The number of non-ortho nitro benzene ring substituents is 1. The molecule has 1 aliphatic rings. The number of nitro groups is 1. The van der Waals surface area contributed by atoms with E-state index in [-0.39, 0.29) is 21.4 Å². The van der Waals surface area contributed by atoms with Crippen LogP contribution in [0.3, 0.4) is 0 Å². The zero-order valence-electron chi connectivity index (χ0n) is 15.7. The van der Waals surface area contributed by atoms with Crippen molar-refractivity contribution >= 4 is 11.8 Å². The quantitative estimate of drug-likeness (QED) is 0.358. The Kier molecular flexibility index (Phi) is 5.03. The van der Waals surface area contributed by atoms with Gasteiger partial charge in [-0.1, -0.05) is 64.8 Å². The van der Waals surface area contributed by atoms with Crippen molar-refractivity contribution in [1.29, 1.82) is 0 Å². The van der Waals surface area contributed by atoms with Crippen LogP contribution >= 0.6 is 0 Å². The molecule has 1 unspecified atom stereocenters. The lowest BCUT2D eigenvalue weighted by Crippen LogP contribution is -2.25. The van der Waals surface area contributed by atoms with Gasteiger partial charge in [0.2, 0.25) is 0 Å². The summed E-state index contributed by atoms with van der Waals surface area (Å²) in [7, 11) is 0. The first-order chi connectivity index (χ1) is 11.0. The molecule has 1 aromatic carbocycles. The predicted octanol–water partition coefficient (Wildman–Crippen LogP) is 6.41. The third-order valence-corrected chi connectivity index (χ3v) is 4.85. The van der Waals surface area contributed by atoms with Gasteiger partial charge in [0.05, 0.1) is 4.92 Å². The van der Waals surface area contributed by atoms with Crippen LogP contribution in [0.15, 0.2) is 41.5 Å². The molecule has 0 saturated heterocycles. The fourth-order valence-corrected chi connectivity index (χ4v) is 3.07. The summed E-state index contributed by atoms with van der Waals surface area (Å²) in [6.45, 7) is 13.7. The van der Waals surface area contributed by atoms with Crippen LogP contribution in [-0.4, -0.2) is 4.92 Å². The van der Waals surface area contributed by atoms with Gasteiger partial charge in [-0.15, -0.1) is 0 Å². The van der Waals surface area contributed by atoms with E-state index in [1.165, 1.54) is 11.1 Å². The highest BCUT2D eigenvalue weighted by Gasteiger charge is 2.30. The molecule has 24 heavy (non-hydrogen) atoms. The number of benzene rings is 1. The fraction of sp³-hybridized carbons (Fsp3) is 0.524. The Bertz CT molecular complexity index is 667. The molecule has 2 rings (SSSR count). The molecule has 0 aromatic heterocycles. The average molecular weight is 327 g/mol. The Balaban J connectivity index is 2.33. The second-order valence-electron chi connectivity index (χ2n) is 8.95. The number of rotatable bonds is 2. The summed E-state index contributed by atoms with van der Waals surface area (Å²) in [5.74, 6) is 0.518. The van der Waals surface area contributed by atoms with Gasteiger partial charge in [0.25, 0.3) is 5.69 Å². The lowest BCUT2D eigenvalue weighted by Gasteiger charge is -2.37. The lowest BCUT2D eigenvalue weighted by molar-refractivity contribution is -0.384. The van der Waals surface area contributed by atoms with Gasteiger partial charge in [0.1, 0.15) is 0 Å². The SMILES string of the molecule is CC(C)(C)C1=CC(C(C)(C)C)CC(=Cc2ccc([N+](=O)[O-])cc2)C1. The topological polar surface area (TPSA) is 43.1 Å². The summed E-state index contributed by atoms with van der Waals surface area (Å²) in [5.41, 5.74) is 4.48. The number of nitro benzene ring substituents is 1. The summed E-state index contributed by atoms with van der Waals surface area (Å²) in [4.78, 5) is 10.4. The van der Waals surface area contributed by atoms with Gasteiger partial charge in [0, 0.05) is 12.1 Å². The first kappa shape index (κ1) is 18.4. The Labute approximate surface area is 145 Å². The number of hydrogen-bond donors (Lipinski definition) is 0. The van der Waals surface area contributed by atoms with Gasteiger partial charge < -0.3 is 0 Å². The van der Waals surface area contributed by atoms with E-state index in [0.29, 0.717) is 5.92 Å². The lowest BCUT2D eigenvalue weighted by atomic mass is 9.68. The molecule has 0 aliphatic heterocycles. The van der Waals surface area contributed by atoms with Crippen LogP contribution in [0.25, 0.3) is 6.08 Å². The molecule has 0 N–H and O–H groups in total. The van der Waals surface area contributed by atoms with Crippen LogP contribution in [0.4, 0.5) is 5.69 Å². The van der Waals surface area contributed by atoms with Crippen LogP contribution < -0.4 is 0 Å². The zero-order chi connectivity index (χ0) is 18.1. The summed E-state index contributed by atoms with van der Waals surface area (Å²) in [5, 5.41) is 10.8. The van der Waals surface area contributed by atoms with E-state index in [9.17, 15) is 10.1 Å². The highest BCUT2D eigenvalue weighted by Crippen LogP contribution is 2.44. The van der Waals surface area contributed by atoms with Crippen molar-refractivity contribution in [2.75, 3.05) is 0 Å². The zero-order valence-corrected chi connectivity index (χ0v) is 15.7. The number of hydrogen-bond acceptors (Lipinski definition) is 2. The van der Waals surface area contributed by atoms with Gasteiger partial charge in [-0.2, -0.15) is 0 Å². The van der Waals surface area contributed by atoms with Crippen LogP contribution in [0.2, 0.25) is 0 Å². The van der Waals surface area contributed by atoms with E-state index in [4.69, 9.17) is 0 Å². The normalized spacial score (nSPS) is 20.8. The molecular weight excluding hydrogens is 298 g/mol. The van der Waals surface area contributed by atoms with Crippen molar-refractivity contribution in [2.45, 2.75) is 54.4 Å². The highest BCUT2D eigenvalue weighted by atomic mass is 16.6. The maximum absolute atomic E-state index is 10.8. The molecule has 0 bridgehead atoms. The van der Waals surface area contributed by atoms with E-state index in [1.807, 2.05) is 12.1 Å². The fourth-order valence-electron chi connectivity index (χ4n) is 3.07. The van der Waals surface area contributed by atoms with E-state index < -0.39 is 0 Å². The second kappa shape index (κ2) is 6.54. The van der Waals surface area contributed by atoms with Crippen molar-refractivity contribution in [1.82, 2.24) is 0 Å². The van der Waals surface area contributed by atoms with Crippen LogP contribution in [0.5, 0.6) is 0 Å². The smallest absolute Gasteiger partial charge is 0.258 e. The minimum Gasteiger partial charge on any atom is -0.258 e. The predicted molar refractivity (Wildman–Crippen MR) is 101 cm³/mol. The molecule has 0 heterocycles. The molecule has 1 atom stereocenters. The van der Waals surface area contributed by atoms with E-state index in [2.05, 4.69) is 53.7 Å². The van der Waals surface area contributed by atoms with Crippen LogP contribution in [0, 0.1) is 26.9 Å². The first-order valence-corrected chi connectivity index (χ1v) is 8.62. The molecule has 0 saturated carbocycles. The van der Waals surface area contributed by atoms with Crippen LogP contribution in [-0.2, 0) is 0 Å². The molecular formula is C21H29NO2. The molecule has 0 fully saturated rings. The molecule has 3 heteroatoms. The molecule has 0 radical (unpaired) electrons. The Hall–Kier alpha value is -1.90. The largest absolute Gasteiger partial charge is 0.269 e. The molecule has 130 valence electrons. The third-order valence-electron chi connectivity index (χ3n) is 4.85. The second-order valence-corrected chi connectivity index (χ2v) is 8.95. The summed E-state index contributed by atoms with van der Waals surface area (Å²) in [6.07, 6.45) is 6.74. The first-order valence-electron chi connectivity index (χ1n) is 8.62. The third kappa shape index (κ3) is 4.56. The van der Waals surface area contributed by atoms with Gasteiger partial charge in [-0.3, -0.25) is 10.1 Å². The minimum atomic E-state index is -0.354. The number of allylic oxidation sites excluding steroid dienone is 3. The summed E-state index contributed by atoms with van der Waals surface area (Å²) < 4.78 is 0. The Morgan fingerprint density at radius 1 is 1.08 bits per heavy atom. The molecule has 3 nitrogen and oxygen atoms in total. The van der Waals surface area contributed by atoms with Crippen molar-refractivity contribution < 1.29 is 4.92 Å². The Morgan fingerprint density at radius 2 is 1.67 bits per heavy atom. The minimum absolute atomic E-state index is 0.142. The summed E-state index contributed by atoms with van der Waals surface area (Å²) >= 11 is 0. The van der Waals surface area contributed by atoms with Gasteiger partial charge >= 0.3 is 0 Å². The van der Waals surface area contributed by atoms with Gasteiger partial charge in [0.15, 0.2) is 0 Å². The highest BCUT2D eigenvalue weighted by molar-refractivity contribution is 5.56. The molecule has 1 aliphatic carbocycles. The van der Waals surface area contributed by atoms with Crippen LogP contribution in [0.1, 0.15) is 59.9 Å². The molecule has 0 spiro atoms. The van der Waals surface area contributed by atoms with Gasteiger partial charge in [-0.05, 0) is 47.3 Å². The monoisotopic (exact) mass is 327 g/mol. The van der Waals surface area contributed by atoms with E-state index in [1.54, 1.807) is 12.1 Å². The maximum Gasteiger partial charge on any atom is 0.269 e. The van der Waals surface area contributed by atoms with Crippen molar-refractivity contribution in [3.8, 4) is 0 Å². The molecule has 1 aromatic rings. The maximum atomic E-state index is 10.8. The van der Waals surface area contributed by atoms with Crippen molar-refractivity contribution in [3.05, 3.63) is 57.2 Å². The van der Waals surface area contributed by atoms with Gasteiger partial charge in [-0.25, -0.2) is 0 Å². The average Bonchev–Trinajstić information content (AvgIpc) is 2.45. The standard InChI is InChI=1S/C21H29NO2/c1-20(2,3)17-12-16(13-18(14-17)21(4,5)6)11-15-7-9-19(10-8-15)22(23)24/h7-11,14,17H,12-13H2,1-6H3. The van der Waals surface area contributed by atoms with Crippen molar-refractivity contribution in [2.24, 2.45) is 16.7 Å². The Morgan fingerprint density at radius 3 is 2.12 bits per heavy atom. The number of nitrogens with zero attached hydrogens (tertiary/aromatic N) is 1. The van der Waals surface area contributed by atoms with Crippen molar-refractivity contribution in [3.63, 3.8) is 0 Å². The van der Waals surface area contributed by atoms with E-state index >= 15 is 0 Å². The van der Waals surface area contributed by atoms with E-state index in [0.717, 1.165) is 18.4 Å².